The van der Waals surface area contributed by atoms with Crippen LogP contribution < -0.4 is 0 Å². The lowest BCUT2D eigenvalue weighted by Gasteiger charge is -1.94. The molecule has 2 aromatic rings. The number of rotatable bonds is 1. The summed E-state index contributed by atoms with van der Waals surface area (Å²) >= 11 is 5.47. The molecule has 1 aromatic carbocycles. The number of hydrogen-bond acceptors (Lipinski definition) is 1. The first-order chi connectivity index (χ1) is 6.74. The zero-order valence-electron chi connectivity index (χ0n) is 8.16. The number of aryl methyl sites for hydroxylation is 1. The van der Waals surface area contributed by atoms with E-state index in [9.17, 15) is 0 Å². The number of halogens is 1. The molecule has 0 bridgehead atoms. The van der Waals surface area contributed by atoms with Crippen LogP contribution in [0, 0.1) is 0 Å². The Morgan fingerprint density at radius 1 is 1.36 bits per heavy atom. The normalized spacial score (nSPS) is 12.4. The number of hydrogen-bond donors (Lipinski definition) is 0. The maximum absolute atomic E-state index is 5.47. The van der Waals surface area contributed by atoms with Crippen LogP contribution in [0.3, 0.4) is 0 Å². The monoisotopic (exact) mass is 206 g/mol. The SMILES string of the molecule is C/C(=N\Cl)c1cn(C)c2ccccc12. The van der Waals surface area contributed by atoms with Crippen LogP contribution in [0.5, 0.6) is 0 Å². The Morgan fingerprint density at radius 2 is 2.07 bits per heavy atom. The predicted octanol–water partition coefficient (Wildman–Crippen LogP) is 3.14. The van der Waals surface area contributed by atoms with Crippen molar-refractivity contribution >= 4 is 28.4 Å². The minimum absolute atomic E-state index is 0.850. The average molecular weight is 207 g/mol. The van der Waals surface area contributed by atoms with Crippen LogP contribution in [-0.4, -0.2) is 10.3 Å². The van der Waals surface area contributed by atoms with Crippen molar-refractivity contribution in [2.24, 2.45) is 11.6 Å². The van der Waals surface area contributed by atoms with E-state index in [1.807, 2.05) is 32.3 Å². The Balaban J connectivity index is 2.79. The van der Waals surface area contributed by atoms with Crippen LogP contribution >= 0.6 is 11.8 Å². The summed E-state index contributed by atoms with van der Waals surface area (Å²) in [7, 11) is 2.02. The van der Waals surface area contributed by atoms with Gasteiger partial charge in [-0.25, -0.2) is 0 Å². The van der Waals surface area contributed by atoms with Crippen LogP contribution in [0.15, 0.2) is 35.0 Å². The fourth-order valence-corrected chi connectivity index (χ4v) is 1.77. The first-order valence-corrected chi connectivity index (χ1v) is 4.78. The van der Waals surface area contributed by atoms with Gasteiger partial charge in [0.25, 0.3) is 0 Å². The molecule has 1 heterocycles. The zero-order chi connectivity index (χ0) is 10.1. The van der Waals surface area contributed by atoms with Gasteiger partial charge in [-0.05, 0) is 13.0 Å². The number of fused-ring (bicyclic) bond motifs is 1. The van der Waals surface area contributed by atoms with Crippen molar-refractivity contribution in [2.75, 3.05) is 0 Å². The lowest BCUT2D eigenvalue weighted by atomic mass is 10.1. The second-order valence-corrected chi connectivity index (χ2v) is 3.51. The second kappa shape index (κ2) is 3.46. The summed E-state index contributed by atoms with van der Waals surface area (Å²) in [6.45, 7) is 1.91. The molecule has 0 radical (unpaired) electrons. The maximum Gasteiger partial charge on any atom is 0.0613 e. The third-order valence-electron chi connectivity index (χ3n) is 2.41. The highest BCUT2D eigenvalue weighted by Crippen LogP contribution is 2.21. The molecule has 2 nitrogen and oxygen atoms in total. The molecule has 72 valence electrons. The molecule has 0 saturated heterocycles. The quantitative estimate of drug-likeness (QED) is 0.638. The molecule has 0 N–H and O–H groups in total. The molecule has 1 aromatic heterocycles. The number of nitrogens with zero attached hydrogens (tertiary/aromatic N) is 2. The molecular formula is C11H11ClN2. The predicted molar refractivity (Wildman–Crippen MR) is 61.0 cm³/mol. The molecule has 0 aliphatic heterocycles. The van der Waals surface area contributed by atoms with Crippen LogP contribution in [0.4, 0.5) is 0 Å². The van der Waals surface area contributed by atoms with Crippen LogP contribution in [0.25, 0.3) is 10.9 Å². The fourth-order valence-electron chi connectivity index (χ4n) is 1.68. The van der Waals surface area contributed by atoms with Crippen molar-refractivity contribution in [1.29, 1.82) is 0 Å². The van der Waals surface area contributed by atoms with E-state index in [1.165, 1.54) is 10.9 Å². The smallest absolute Gasteiger partial charge is 0.0613 e. The van der Waals surface area contributed by atoms with E-state index in [-0.39, 0.29) is 0 Å². The summed E-state index contributed by atoms with van der Waals surface area (Å²) in [6.07, 6.45) is 2.05. The Kier molecular flexibility index (Phi) is 2.30. The van der Waals surface area contributed by atoms with E-state index >= 15 is 0 Å². The van der Waals surface area contributed by atoms with E-state index in [1.54, 1.807) is 0 Å². The van der Waals surface area contributed by atoms with Crippen molar-refractivity contribution in [3.8, 4) is 0 Å². The summed E-state index contributed by atoms with van der Waals surface area (Å²) in [5, 5.41) is 1.19. The van der Waals surface area contributed by atoms with Crippen molar-refractivity contribution in [3.05, 3.63) is 36.0 Å². The largest absolute Gasteiger partial charge is 0.350 e. The molecule has 0 saturated carbocycles. The minimum Gasteiger partial charge on any atom is -0.350 e. The topological polar surface area (TPSA) is 17.3 Å². The van der Waals surface area contributed by atoms with E-state index in [4.69, 9.17) is 11.8 Å². The first-order valence-electron chi connectivity index (χ1n) is 4.44. The standard InChI is InChI=1S/C11H11ClN2/c1-8(13-12)10-7-14(2)11-6-4-3-5-9(10)11/h3-7H,1-2H3/b13-8+. The maximum atomic E-state index is 5.47. The third kappa shape index (κ3) is 1.32. The molecule has 3 heteroatoms. The number of aromatic nitrogens is 1. The lowest BCUT2D eigenvalue weighted by molar-refractivity contribution is 0.968. The molecule has 0 unspecified atom stereocenters. The molecule has 0 spiro atoms. The lowest BCUT2D eigenvalue weighted by Crippen LogP contribution is -1.90. The van der Waals surface area contributed by atoms with Crippen molar-refractivity contribution in [3.63, 3.8) is 0 Å². The van der Waals surface area contributed by atoms with E-state index < -0.39 is 0 Å². The highest BCUT2D eigenvalue weighted by Gasteiger charge is 2.07. The van der Waals surface area contributed by atoms with Gasteiger partial charge >= 0.3 is 0 Å². The van der Waals surface area contributed by atoms with Gasteiger partial charge in [0, 0.05) is 41.5 Å². The van der Waals surface area contributed by atoms with E-state index in [2.05, 4.69) is 21.2 Å². The first kappa shape index (κ1) is 9.28. The molecule has 14 heavy (non-hydrogen) atoms. The molecule has 0 amide bonds. The van der Waals surface area contributed by atoms with E-state index in [0.29, 0.717) is 0 Å². The molecule has 0 aliphatic carbocycles. The van der Waals surface area contributed by atoms with Crippen molar-refractivity contribution in [1.82, 2.24) is 4.57 Å². The molecule has 0 atom stereocenters. The van der Waals surface area contributed by atoms with Crippen LogP contribution in [0.1, 0.15) is 12.5 Å². The van der Waals surface area contributed by atoms with Gasteiger partial charge < -0.3 is 4.57 Å². The van der Waals surface area contributed by atoms with Crippen molar-refractivity contribution < 1.29 is 0 Å². The Labute approximate surface area is 87.9 Å². The summed E-state index contributed by atoms with van der Waals surface area (Å²) in [5.41, 5.74) is 3.14. The second-order valence-electron chi connectivity index (χ2n) is 3.34. The van der Waals surface area contributed by atoms with Gasteiger partial charge in [-0.2, -0.15) is 4.51 Å². The Bertz CT molecular complexity index is 497. The summed E-state index contributed by atoms with van der Waals surface area (Å²) in [6, 6.07) is 8.21. The Hall–Kier alpha value is -1.28. The van der Waals surface area contributed by atoms with Gasteiger partial charge in [0.15, 0.2) is 0 Å². The zero-order valence-corrected chi connectivity index (χ0v) is 8.92. The van der Waals surface area contributed by atoms with Gasteiger partial charge in [-0.1, -0.05) is 18.2 Å². The van der Waals surface area contributed by atoms with Crippen molar-refractivity contribution in [2.45, 2.75) is 6.92 Å². The fraction of sp³-hybridized carbons (Fsp3) is 0.182. The van der Waals surface area contributed by atoms with Gasteiger partial charge in [0.05, 0.1) is 5.71 Å². The van der Waals surface area contributed by atoms with Crippen LogP contribution in [0.2, 0.25) is 0 Å². The highest BCUT2D eigenvalue weighted by molar-refractivity contribution is 6.24. The molecule has 2 rings (SSSR count). The highest BCUT2D eigenvalue weighted by atomic mass is 35.5. The van der Waals surface area contributed by atoms with Gasteiger partial charge in [-0.3, -0.25) is 0 Å². The van der Waals surface area contributed by atoms with Gasteiger partial charge in [0.2, 0.25) is 0 Å². The van der Waals surface area contributed by atoms with Gasteiger partial charge in [0.1, 0.15) is 0 Å². The summed E-state index contributed by atoms with van der Waals surface area (Å²) in [4.78, 5) is 0. The summed E-state index contributed by atoms with van der Waals surface area (Å²) in [5.74, 6) is 0. The number of benzene rings is 1. The average Bonchev–Trinajstić information content (AvgIpc) is 2.56. The van der Waals surface area contributed by atoms with Crippen LogP contribution in [-0.2, 0) is 7.05 Å². The Morgan fingerprint density at radius 3 is 2.79 bits per heavy atom. The van der Waals surface area contributed by atoms with Gasteiger partial charge in [-0.15, -0.1) is 0 Å². The molecule has 0 fully saturated rings. The molecular weight excluding hydrogens is 196 g/mol. The molecule has 0 aliphatic rings. The summed E-state index contributed by atoms with van der Waals surface area (Å²) < 4.78 is 5.78. The number of para-hydroxylation sites is 1. The third-order valence-corrected chi connectivity index (χ3v) is 2.67. The minimum atomic E-state index is 0.850. The van der Waals surface area contributed by atoms with E-state index in [0.717, 1.165) is 11.3 Å².